The van der Waals surface area contributed by atoms with Crippen molar-refractivity contribution in [2.75, 3.05) is 11.0 Å². The number of anilines is 1. The van der Waals surface area contributed by atoms with Gasteiger partial charge >= 0.3 is 5.97 Å². The van der Waals surface area contributed by atoms with Gasteiger partial charge in [0, 0.05) is 5.69 Å². The molecule has 5 nitrogen and oxygen atoms in total. The second-order valence-electron chi connectivity index (χ2n) is 4.00. The topological polar surface area (TPSA) is 83.5 Å². The van der Waals surface area contributed by atoms with Crippen molar-refractivity contribution in [1.29, 1.82) is 0 Å². The highest BCUT2D eigenvalue weighted by atomic mass is 32.2. The number of benzene rings is 1. The second kappa shape index (κ2) is 5.18. The van der Waals surface area contributed by atoms with E-state index in [4.69, 9.17) is 5.11 Å². The lowest BCUT2D eigenvalue weighted by atomic mass is 9.98. The molecule has 0 bridgehead atoms. The Morgan fingerprint density at radius 3 is 2.29 bits per heavy atom. The summed E-state index contributed by atoms with van der Waals surface area (Å²) in [5.74, 6) is -0.948. The average Bonchev–Trinajstić information content (AvgIpc) is 2.15. The maximum atomic E-state index is 11.0. The summed E-state index contributed by atoms with van der Waals surface area (Å²) in [6, 6.07) is 6.69. The van der Waals surface area contributed by atoms with Gasteiger partial charge in [-0.15, -0.1) is 0 Å². The van der Waals surface area contributed by atoms with Gasteiger partial charge in [-0.05, 0) is 23.6 Å². The Labute approximate surface area is 101 Å². The van der Waals surface area contributed by atoms with Gasteiger partial charge in [0.15, 0.2) is 0 Å². The molecule has 17 heavy (non-hydrogen) atoms. The van der Waals surface area contributed by atoms with Gasteiger partial charge in [-0.2, -0.15) is 0 Å². The van der Waals surface area contributed by atoms with Crippen molar-refractivity contribution in [1.82, 2.24) is 0 Å². The van der Waals surface area contributed by atoms with E-state index in [2.05, 4.69) is 4.72 Å². The highest BCUT2D eigenvalue weighted by Crippen LogP contribution is 2.21. The largest absolute Gasteiger partial charge is 0.481 e. The molecule has 0 heterocycles. The summed E-state index contributed by atoms with van der Waals surface area (Å²) in [6.07, 6.45) is 1.13. The molecular formula is C11H15NO4S. The Bertz CT molecular complexity index is 493. The number of carbonyl (C=O) groups is 1. The minimum absolute atomic E-state index is 0.0544. The van der Waals surface area contributed by atoms with Crippen molar-refractivity contribution in [2.24, 2.45) is 0 Å². The summed E-state index contributed by atoms with van der Waals surface area (Å²) < 4.78 is 24.3. The number of nitrogens with one attached hydrogen (secondary N) is 1. The third kappa shape index (κ3) is 4.86. The van der Waals surface area contributed by atoms with Crippen LogP contribution >= 0.6 is 0 Å². The molecule has 0 saturated carbocycles. The average molecular weight is 257 g/mol. The zero-order valence-corrected chi connectivity index (χ0v) is 10.5. The summed E-state index contributed by atoms with van der Waals surface area (Å²) in [5.41, 5.74) is 1.34. The van der Waals surface area contributed by atoms with Crippen LogP contribution in [0.2, 0.25) is 0 Å². The fraction of sp³-hybridized carbons (Fsp3) is 0.364. The minimum Gasteiger partial charge on any atom is -0.481 e. The van der Waals surface area contributed by atoms with Crippen molar-refractivity contribution < 1.29 is 18.3 Å². The molecule has 2 N–H and O–H groups in total. The van der Waals surface area contributed by atoms with Gasteiger partial charge in [0.2, 0.25) is 10.0 Å². The Morgan fingerprint density at radius 2 is 1.88 bits per heavy atom. The number of hydrogen-bond donors (Lipinski definition) is 2. The molecule has 0 amide bonds. The third-order valence-corrected chi connectivity index (χ3v) is 2.87. The smallest absolute Gasteiger partial charge is 0.303 e. The molecule has 0 spiro atoms. The lowest BCUT2D eigenvalue weighted by molar-refractivity contribution is -0.137. The first kappa shape index (κ1) is 13.5. The number of aliphatic carboxylic acids is 1. The number of hydrogen-bond acceptors (Lipinski definition) is 3. The second-order valence-corrected chi connectivity index (χ2v) is 5.74. The van der Waals surface area contributed by atoms with Crippen molar-refractivity contribution in [3.05, 3.63) is 29.8 Å². The van der Waals surface area contributed by atoms with Gasteiger partial charge in [0.1, 0.15) is 0 Å². The lowest BCUT2D eigenvalue weighted by Gasteiger charge is -2.10. The fourth-order valence-corrected chi connectivity index (χ4v) is 2.04. The Balaban J connectivity index is 2.77. The zero-order chi connectivity index (χ0) is 13.1. The Morgan fingerprint density at radius 1 is 1.35 bits per heavy atom. The van der Waals surface area contributed by atoms with E-state index >= 15 is 0 Å². The summed E-state index contributed by atoms with van der Waals surface area (Å²) in [7, 11) is -3.27. The van der Waals surface area contributed by atoms with E-state index in [9.17, 15) is 13.2 Å². The molecule has 1 atom stereocenters. The number of rotatable bonds is 5. The van der Waals surface area contributed by atoms with E-state index in [-0.39, 0.29) is 12.3 Å². The van der Waals surface area contributed by atoms with Crippen LogP contribution in [-0.2, 0) is 14.8 Å². The van der Waals surface area contributed by atoms with Crippen molar-refractivity contribution >= 4 is 21.7 Å². The van der Waals surface area contributed by atoms with E-state index in [1.165, 1.54) is 0 Å². The van der Waals surface area contributed by atoms with Gasteiger partial charge in [-0.1, -0.05) is 19.1 Å². The normalized spacial score (nSPS) is 13.1. The molecule has 1 rings (SSSR count). The first-order valence-corrected chi connectivity index (χ1v) is 6.96. The zero-order valence-electron chi connectivity index (χ0n) is 9.67. The van der Waals surface area contributed by atoms with Crippen LogP contribution in [0.15, 0.2) is 24.3 Å². The van der Waals surface area contributed by atoms with Gasteiger partial charge in [-0.3, -0.25) is 9.52 Å². The van der Waals surface area contributed by atoms with Crippen molar-refractivity contribution in [3.8, 4) is 0 Å². The predicted octanol–water partition coefficient (Wildman–Crippen LogP) is 1.64. The number of carboxylic acid groups (broad SMARTS) is 1. The standard InChI is InChI=1S/C11H15NO4S/c1-8(7-11(13)14)9-3-5-10(6-4-9)12-17(2,15)16/h3-6,8,12H,7H2,1-2H3,(H,13,14). The van der Waals surface area contributed by atoms with Crippen LogP contribution in [0.5, 0.6) is 0 Å². The molecule has 0 saturated heterocycles. The van der Waals surface area contributed by atoms with E-state index in [1.807, 2.05) is 6.92 Å². The third-order valence-electron chi connectivity index (χ3n) is 2.26. The van der Waals surface area contributed by atoms with Gasteiger partial charge < -0.3 is 5.11 Å². The first-order chi connectivity index (χ1) is 7.78. The van der Waals surface area contributed by atoms with E-state index < -0.39 is 16.0 Å². The van der Waals surface area contributed by atoms with Crippen LogP contribution in [0.3, 0.4) is 0 Å². The molecule has 6 heteroatoms. The van der Waals surface area contributed by atoms with E-state index in [0.29, 0.717) is 5.69 Å². The number of sulfonamides is 1. The molecule has 0 aliphatic rings. The summed E-state index contributed by atoms with van der Waals surface area (Å²) >= 11 is 0. The van der Waals surface area contributed by atoms with Crippen LogP contribution < -0.4 is 4.72 Å². The summed E-state index contributed by atoms with van der Waals surface area (Å²) in [5, 5.41) is 8.66. The molecule has 1 aromatic carbocycles. The highest BCUT2D eigenvalue weighted by molar-refractivity contribution is 7.92. The van der Waals surface area contributed by atoms with Crippen LogP contribution in [0, 0.1) is 0 Å². The first-order valence-electron chi connectivity index (χ1n) is 5.07. The molecule has 0 fully saturated rings. The maximum Gasteiger partial charge on any atom is 0.303 e. The number of carboxylic acids is 1. The van der Waals surface area contributed by atoms with Crippen LogP contribution in [-0.4, -0.2) is 25.7 Å². The molecular weight excluding hydrogens is 242 g/mol. The van der Waals surface area contributed by atoms with Crippen LogP contribution in [0.4, 0.5) is 5.69 Å². The van der Waals surface area contributed by atoms with Crippen LogP contribution in [0.1, 0.15) is 24.8 Å². The van der Waals surface area contributed by atoms with Crippen molar-refractivity contribution in [3.63, 3.8) is 0 Å². The maximum absolute atomic E-state index is 11.0. The van der Waals surface area contributed by atoms with Gasteiger partial charge in [0.25, 0.3) is 0 Å². The molecule has 0 aliphatic carbocycles. The van der Waals surface area contributed by atoms with E-state index in [0.717, 1.165) is 11.8 Å². The highest BCUT2D eigenvalue weighted by Gasteiger charge is 2.10. The van der Waals surface area contributed by atoms with Crippen molar-refractivity contribution in [2.45, 2.75) is 19.3 Å². The molecule has 0 aromatic heterocycles. The molecule has 94 valence electrons. The summed E-state index contributed by atoms with van der Waals surface area (Å²) in [4.78, 5) is 10.5. The van der Waals surface area contributed by atoms with E-state index in [1.54, 1.807) is 24.3 Å². The predicted molar refractivity (Wildman–Crippen MR) is 65.6 cm³/mol. The monoisotopic (exact) mass is 257 g/mol. The summed E-state index contributed by atoms with van der Waals surface area (Å²) in [6.45, 7) is 1.81. The molecule has 1 aromatic rings. The Hall–Kier alpha value is -1.56. The Kier molecular flexibility index (Phi) is 4.11. The van der Waals surface area contributed by atoms with Crippen LogP contribution in [0.25, 0.3) is 0 Å². The lowest BCUT2D eigenvalue weighted by Crippen LogP contribution is -2.09. The minimum atomic E-state index is -3.27. The van der Waals surface area contributed by atoms with Gasteiger partial charge in [0.05, 0.1) is 12.7 Å². The molecule has 0 radical (unpaired) electrons. The SMILES string of the molecule is CC(CC(=O)O)c1ccc(NS(C)(=O)=O)cc1. The fourth-order valence-electron chi connectivity index (χ4n) is 1.47. The van der Waals surface area contributed by atoms with Gasteiger partial charge in [-0.25, -0.2) is 8.42 Å². The quantitative estimate of drug-likeness (QED) is 0.839. The molecule has 0 aliphatic heterocycles. The molecule has 1 unspecified atom stereocenters.